The molecule has 3 aliphatic rings. The van der Waals surface area contributed by atoms with Crippen molar-refractivity contribution in [3.8, 4) is 11.5 Å². The van der Waals surface area contributed by atoms with Gasteiger partial charge in [0.1, 0.15) is 0 Å². The van der Waals surface area contributed by atoms with Crippen LogP contribution in [-0.2, 0) is 0 Å². The Kier molecular flexibility index (Phi) is 5.07. The van der Waals surface area contributed by atoms with E-state index in [4.69, 9.17) is 14.5 Å². The van der Waals surface area contributed by atoms with Crippen LogP contribution in [-0.4, -0.2) is 47.9 Å². The number of fused-ring (bicyclic) bond motifs is 1. The maximum atomic E-state index is 5.45. The van der Waals surface area contributed by atoms with E-state index in [1.165, 1.54) is 25.7 Å². The summed E-state index contributed by atoms with van der Waals surface area (Å²) in [5, 5.41) is 3.31. The van der Waals surface area contributed by atoms with Gasteiger partial charge in [-0.15, -0.1) is 12.4 Å². The standard InChI is InChI=1S/C18H22N6O2.ClH/c1-2-8-23(7-1)17-20-16(21-18(22-17)24-9-3-4-10-24)19-13-5-6-14-15(11-13)26-12-25-14;/h5-6,11H,1-4,7-10,12H2,(H,19,20,21,22);1H. The monoisotopic (exact) mass is 390 g/mol. The van der Waals surface area contributed by atoms with Crippen LogP contribution in [0.4, 0.5) is 23.5 Å². The van der Waals surface area contributed by atoms with Crippen molar-refractivity contribution >= 4 is 35.9 Å². The molecule has 0 amide bonds. The molecule has 27 heavy (non-hydrogen) atoms. The molecule has 3 aliphatic heterocycles. The van der Waals surface area contributed by atoms with Gasteiger partial charge in [0.2, 0.25) is 24.6 Å². The van der Waals surface area contributed by atoms with Crippen molar-refractivity contribution in [3.63, 3.8) is 0 Å². The van der Waals surface area contributed by atoms with Crippen molar-refractivity contribution in [1.29, 1.82) is 0 Å². The van der Waals surface area contributed by atoms with Gasteiger partial charge in [-0.1, -0.05) is 0 Å². The maximum Gasteiger partial charge on any atom is 0.233 e. The molecule has 5 rings (SSSR count). The summed E-state index contributed by atoms with van der Waals surface area (Å²) in [5.74, 6) is 3.61. The normalized spacial score (nSPS) is 17.9. The first-order chi connectivity index (χ1) is 12.8. The van der Waals surface area contributed by atoms with Gasteiger partial charge in [-0.2, -0.15) is 15.0 Å². The van der Waals surface area contributed by atoms with E-state index < -0.39 is 0 Å². The topological polar surface area (TPSA) is 75.6 Å². The molecule has 2 fully saturated rings. The van der Waals surface area contributed by atoms with Crippen molar-refractivity contribution in [2.75, 3.05) is 48.1 Å². The van der Waals surface area contributed by atoms with Crippen molar-refractivity contribution in [2.24, 2.45) is 0 Å². The summed E-state index contributed by atoms with van der Waals surface area (Å²) in [6.07, 6.45) is 4.76. The van der Waals surface area contributed by atoms with E-state index in [1.54, 1.807) is 0 Å². The predicted octanol–water partition coefficient (Wildman–Crippen LogP) is 2.97. The SMILES string of the molecule is Cl.c1cc2c(cc1Nc1nc(N3CCCC3)nc(N3CCCC3)n1)OCO2. The Morgan fingerprint density at radius 1 is 0.778 bits per heavy atom. The number of ether oxygens (including phenoxy) is 2. The molecule has 9 heteroatoms. The van der Waals surface area contributed by atoms with Crippen LogP contribution in [0.15, 0.2) is 18.2 Å². The molecular weight excluding hydrogens is 368 g/mol. The first-order valence-corrected chi connectivity index (χ1v) is 9.28. The highest BCUT2D eigenvalue weighted by atomic mass is 35.5. The van der Waals surface area contributed by atoms with Gasteiger partial charge in [-0.05, 0) is 37.8 Å². The second kappa shape index (κ2) is 7.64. The van der Waals surface area contributed by atoms with Crippen molar-refractivity contribution < 1.29 is 9.47 Å². The maximum absolute atomic E-state index is 5.45. The fourth-order valence-electron chi connectivity index (χ4n) is 3.63. The van der Waals surface area contributed by atoms with Crippen LogP contribution in [0.1, 0.15) is 25.7 Å². The fourth-order valence-corrected chi connectivity index (χ4v) is 3.63. The molecule has 4 heterocycles. The van der Waals surface area contributed by atoms with Gasteiger partial charge in [-0.3, -0.25) is 0 Å². The Hall–Kier alpha value is -2.48. The quantitative estimate of drug-likeness (QED) is 0.853. The smallest absolute Gasteiger partial charge is 0.233 e. The Bertz CT molecular complexity index is 774. The number of hydrogen-bond donors (Lipinski definition) is 1. The van der Waals surface area contributed by atoms with Crippen LogP contribution < -0.4 is 24.6 Å². The third-order valence-electron chi connectivity index (χ3n) is 5.02. The van der Waals surface area contributed by atoms with E-state index in [2.05, 4.69) is 25.1 Å². The summed E-state index contributed by atoms with van der Waals surface area (Å²) in [6, 6.07) is 5.76. The van der Waals surface area contributed by atoms with Gasteiger partial charge in [0.25, 0.3) is 0 Å². The molecule has 0 unspecified atom stereocenters. The average molecular weight is 391 g/mol. The van der Waals surface area contributed by atoms with Gasteiger partial charge in [0, 0.05) is 37.9 Å². The Morgan fingerprint density at radius 2 is 1.37 bits per heavy atom. The largest absolute Gasteiger partial charge is 0.454 e. The fraction of sp³-hybridized carbons (Fsp3) is 0.500. The molecule has 2 aromatic rings. The molecule has 0 saturated carbocycles. The van der Waals surface area contributed by atoms with Crippen LogP contribution in [0.25, 0.3) is 0 Å². The number of rotatable bonds is 4. The van der Waals surface area contributed by atoms with Crippen LogP contribution in [0.2, 0.25) is 0 Å². The van der Waals surface area contributed by atoms with Crippen LogP contribution >= 0.6 is 12.4 Å². The zero-order chi connectivity index (χ0) is 17.3. The van der Waals surface area contributed by atoms with Crippen molar-refractivity contribution in [1.82, 2.24) is 15.0 Å². The molecule has 0 atom stereocenters. The minimum Gasteiger partial charge on any atom is -0.454 e. The van der Waals surface area contributed by atoms with E-state index in [9.17, 15) is 0 Å². The van der Waals surface area contributed by atoms with Gasteiger partial charge in [0.15, 0.2) is 11.5 Å². The molecule has 8 nitrogen and oxygen atoms in total. The first-order valence-electron chi connectivity index (χ1n) is 9.28. The van der Waals surface area contributed by atoms with Gasteiger partial charge >= 0.3 is 0 Å². The number of nitrogens with one attached hydrogen (secondary N) is 1. The molecule has 0 spiro atoms. The predicted molar refractivity (Wildman–Crippen MR) is 106 cm³/mol. The Labute approximate surface area is 164 Å². The summed E-state index contributed by atoms with van der Waals surface area (Å²) < 4.78 is 10.8. The van der Waals surface area contributed by atoms with Crippen LogP contribution in [0, 0.1) is 0 Å². The van der Waals surface area contributed by atoms with Gasteiger partial charge in [-0.25, -0.2) is 0 Å². The van der Waals surface area contributed by atoms with E-state index in [0.717, 1.165) is 55.3 Å². The number of halogens is 1. The van der Waals surface area contributed by atoms with E-state index in [0.29, 0.717) is 5.95 Å². The summed E-state index contributed by atoms with van der Waals surface area (Å²) in [5.41, 5.74) is 0.875. The van der Waals surface area contributed by atoms with Crippen LogP contribution in [0.5, 0.6) is 11.5 Å². The number of anilines is 4. The summed E-state index contributed by atoms with van der Waals surface area (Å²) in [4.78, 5) is 18.6. The molecule has 0 radical (unpaired) electrons. The summed E-state index contributed by atoms with van der Waals surface area (Å²) >= 11 is 0. The van der Waals surface area contributed by atoms with Crippen LogP contribution in [0.3, 0.4) is 0 Å². The zero-order valence-electron chi connectivity index (χ0n) is 15.1. The van der Waals surface area contributed by atoms with E-state index in [-0.39, 0.29) is 19.2 Å². The average Bonchev–Trinajstić information content (AvgIpc) is 3.42. The molecule has 0 bridgehead atoms. The minimum atomic E-state index is 0. The second-order valence-electron chi connectivity index (χ2n) is 6.84. The Balaban J connectivity index is 0.00000180. The highest BCUT2D eigenvalue weighted by molar-refractivity contribution is 5.85. The minimum absolute atomic E-state index is 0. The number of aromatic nitrogens is 3. The number of nitrogens with zero attached hydrogens (tertiary/aromatic N) is 5. The molecule has 1 N–H and O–H groups in total. The van der Waals surface area contributed by atoms with Crippen molar-refractivity contribution in [2.45, 2.75) is 25.7 Å². The lowest BCUT2D eigenvalue weighted by molar-refractivity contribution is 0.174. The third kappa shape index (κ3) is 3.66. The number of hydrogen-bond acceptors (Lipinski definition) is 8. The molecule has 1 aromatic carbocycles. The summed E-state index contributed by atoms with van der Waals surface area (Å²) in [7, 11) is 0. The number of benzene rings is 1. The lowest BCUT2D eigenvalue weighted by Crippen LogP contribution is -2.25. The molecule has 0 aliphatic carbocycles. The molecule has 144 valence electrons. The highest BCUT2D eigenvalue weighted by Crippen LogP contribution is 2.35. The third-order valence-corrected chi connectivity index (χ3v) is 5.02. The van der Waals surface area contributed by atoms with E-state index in [1.807, 2.05) is 18.2 Å². The molecule has 1 aromatic heterocycles. The molecule has 2 saturated heterocycles. The molecular formula is C18H23ClN6O2. The van der Waals surface area contributed by atoms with E-state index >= 15 is 0 Å². The highest BCUT2D eigenvalue weighted by Gasteiger charge is 2.22. The summed E-state index contributed by atoms with van der Waals surface area (Å²) in [6.45, 7) is 4.29. The second-order valence-corrected chi connectivity index (χ2v) is 6.84. The van der Waals surface area contributed by atoms with Gasteiger partial charge < -0.3 is 24.6 Å². The van der Waals surface area contributed by atoms with Gasteiger partial charge in [0.05, 0.1) is 0 Å². The lowest BCUT2D eigenvalue weighted by Gasteiger charge is -2.20. The van der Waals surface area contributed by atoms with Crippen molar-refractivity contribution in [3.05, 3.63) is 18.2 Å². The first kappa shape index (κ1) is 17.9. The Morgan fingerprint density at radius 3 is 2.00 bits per heavy atom. The lowest BCUT2D eigenvalue weighted by atomic mass is 10.3. The zero-order valence-corrected chi connectivity index (χ0v) is 15.9.